The molecule has 0 aromatic heterocycles. The standard InChI is InChI=1S/C16H30N2O/c17-12-14-5-4-9-18(13-14)15-6-10-19-16(11-15)7-2-1-3-8-16/h14-15H,1-13,17H2. The van der Waals surface area contributed by atoms with E-state index in [1.807, 2.05) is 0 Å². The molecule has 1 spiro atoms. The predicted octanol–water partition coefficient (Wildman–Crippen LogP) is 2.54. The molecule has 3 nitrogen and oxygen atoms in total. The molecule has 0 aromatic rings. The van der Waals surface area contributed by atoms with Crippen molar-refractivity contribution in [1.29, 1.82) is 0 Å². The summed E-state index contributed by atoms with van der Waals surface area (Å²) in [6.45, 7) is 4.37. The summed E-state index contributed by atoms with van der Waals surface area (Å²) in [6.07, 6.45) is 12.0. The number of hydrogen-bond acceptors (Lipinski definition) is 3. The van der Waals surface area contributed by atoms with Gasteiger partial charge in [0.15, 0.2) is 0 Å². The van der Waals surface area contributed by atoms with Crippen molar-refractivity contribution in [3.05, 3.63) is 0 Å². The van der Waals surface area contributed by atoms with Crippen LogP contribution < -0.4 is 5.73 Å². The minimum atomic E-state index is 0.247. The molecule has 110 valence electrons. The number of likely N-dealkylation sites (tertiary alicyclic amines) is 1. The van der Waals surface area contributed by atoms with Crippen molar-refractivity contribution in [2.75, 3.05) is 26.2 Å². The third-order valence-corrected chi connectivity index (χ3v) is 5.63. The normalized spacial score (nSPS) is 36.5. The van der Waals surface area contributed by atoms with Crippen LogP contribution in [0, 0.1) is 5.92 Å². The SMILES string of the molecule is NCC1CCCN(C2CCOC3(CCCCC3)C2)C1. The molecule has 3 rings (SSSR count). The predicted molar refractivity (Wildman–Crippen MR) is 78.1 cm³/mol. The van der Waals surface area contributed by atoms with E-state index in [4.69, 9.17) is 10.5 Å². The second-order valence-electron chi connectivity index (χ2n) is 6.98. The van der Waals surface area contributed by atoms with Gasteiger partial charge in [-0.2, -0.15) is 0 Å². The van der Waals surface area contributed by atoms with Crippen LogP contribution in [-0.4, -0.2) is 42.8 Å². The molecule has 0 bridgehead atoms. The summed E-state index contributed by atoms with van der Waals surface area (Å²) in [7, 11) is 0. The van der Waals surface area contributed by atoms with Gasteiger partial charge in [-0.15, -0.1) is 0 Å². The van der Waals surface area contributed by atoms with E-state index < -0.39 is 0 Å². The maximum absolute atomic E-state index is 6.23. The van der Waals surface area contributed by atoms with Gasteiger partial charge in [-0.1, -0.05) is 19.3 Å². The minimum absolute atomic E-state index is 0.247. The average molecular weight is 266 g/mol. The summed E-state index contributed by atoms with van der Waals surface area (Å²) in [5.41, 5.74) is 6.13. The molecule has 0 aromatic carbocycles. The van der Waals surface area contributed by atoms with Crippen molar-refractivity contribution in [2.24, 2.45) is 11.7 Å². The van der Waals surface area contributed by atoms with Crippen LogP contribution in [0.4, 0.5) is 0 Å². The lowest BCUT2D eigenvalue weighted by Crippen LogP contribution is -2.52. The molecule has 2 heterocycles. The van der Waals surface area contributed by atoms with E-state index in [2.05, 4.69) is 4.90 Å². The van der Waals surface area contributed by atoms with Crippen molar-refractivity contribution in [2.45, 2.75) is 69.4 Å². The number of hydrogen-bond donors (Lipinski definition) is 1. The molecule has 2 N–H and O–H groups in total. The third-order valence-electron chi connectivity index (χ3n) is 5.63. The van der Waals surface area contributed by atoms with E-state index >= 15 is 0 Å². The monoisotopic (exact) mass is 266 g/mol. The van der Waals surface area contributed by atoms with Crippen molar-refractivity contribution in [3.63, 3.8) is 0 Å². The van der Waals surface area contributed by atoms with Crippen molar-refractivity contribution in [3.8, 4) is 0 Å². The fraction of sp³-hybridized carbons (Fsp3) is 1.00. The van der Waals surface area contributed by atoms with E-state index in [9.17, 15) is 0 Å². The molecular formula is C16H30N2O. The Hall–Kier alpha value is -0.120. The summed E-state index contributed by atoms with van der Waals surface area (Å²) >= 11 is 0. The fourth-order valence-corrected chi connectivity index (χ4v) is 4.48. The molecule has 19 heavy (non-hydrogen) atoms. The van der Waals surface area contributed by atoms with Crippen LogP contribution in [0.2, 0.25) is 0 Å². The number of nitrogens with two attached hydrogens (primary N) is 1. The van der Waals surface area contributed by atoms with Gasteiger partial charge in [0.1, 0.15) is 0 Å². The molecule has 2 aliphatic heterocycles. The van der Waals surface area contributed by atoms with Crippen molar-refractivity contribution in [1.82, 2.24) is 4.90 Å². The first kappa shape index (κ1) is 13.8. The highest BCUT2D eigenvalue weighted by Gasteiger charge is 2.40. The Bertz CT molecular complexity index is 283. The molecule has 2 unspecified atom stereocenters. The molecule has 3 heteroatoms. The Morgan fingerprint density at radius 1 is 1.11 bits per heavy atom. The van der Waals surface area contributed by atoms with Crippen LogP contribution in [0.5, 0.6) is 0 Å². The quantitative estimate of drug-likeness (QED) is 0.835. The molecule has 2 saturated heterocycles. The van der Waals surface area contributed by atoms with Crippen molar-refractivity contribution < 1.29 is 4.74 Å². The Morgan fingerprint density at radius 2 is 1.95 bits per heavy atom. The number of ether oxygens (including phenoxy) is 1. The Balaban J connectivity index is 1.61. The van der Waals surface area contributed by atoms with Gasteiger partial charge in [0.2, 0.25) is 0 Å². The van der Waals surface area contributed by atoms with Crippen LogP contribution in [-0.2, 0) is 4.74 Å². The second-order valence-corrected chi connectivity index (χ2v) is 6.98. The Morgan fingerprint density at radius 3 is 2.74 bits per heavy atom. The lowest BCUT2D eigenvalue weighted by molar-refractivity contribution is -0.127. The highest BCUT2D eigenvalue weighted by atomic mass is 16.5. The Labute approximate surface area is 117 Å². The van der Waals surface area contributed by atoms with Gasteiger partial charge in [-0.05, 0) is 57.5 Å². The highest BCUT2D eigenvalue weighted by molar-refractivity contribution is 4.94. The first-order valence-corrected chi connectivity index (χ1v) is 8.39. The molecular weight excluding hydrogens is 236 g/mol. The minimum Gasteiger partial charge on any atom is -0.375 e. The molecule has 0 amide bonds. The molecule has 1 saturated carbocycles. The summed E-state index contributed by atoms with van der Waals surface area (Å²) < 4.78 is 6.23. The maximum Gasteiger partial charge on any atom is 0.0697 e. The van der Waals surface area contributed by atoms with E-state index in [-0.39, 0.29) is 5.60 Å². The van der Waals surface area contributed by atoms with Crippen LogP contribution in [0.25, 0.3) is 0 Å². The first-order chi connectivity index (χ1) is 9.31. The van der Waals surface area contributed by atoms with Crippen LogP contribution >= 0.6 is 0 Å². The van der Waals surface area contributed by atoms with Gasteiger partial charge in [0.05, 0.1) is 5.60 Å². The molecule has 0 radical (unpaired) electrons. The van der Waals surface area contributed by atoms with E-state index in [1.165, 1.54) is 70.9 Å². The summed E-state index contributed by atoms with van der Waals surface area (Å²) in [5.74, 6) is 0.735. The second kappa shape index (κ2) is 6.11. The van der Waals surface area contributed by atoms with Crippen LogP contribution in [0.1, 0.15) is 57.8 Å². The lowest BCUT2D eigenvalue weighted by atomic mass is 9.77. The number of rotatable bonds is 2. The molecule has 1 aliphatic carbocycles. The van der Waals surface area contributed by atoms with Gasteiger partial charge in [-0.25, -0.2) is 0 Å². The maximum atomic E-state index is 6.23. The van der Waals surface area contributed by atoms with E-state index in [0.717, 1.165) is 25.1 Å². The number of piperidine rings is 1. The average Bonchev–Trinajstić information content (AvgIpc) is 2.48. The largest absolute Gasteiger partial charge is 0.375 e. The molecule has 2 atom stereocenters. The summed E-state index contributed by atoms with van der Waals surface area (Å²) in [6, 6.07) is 0.765. The van der Waals surface area contributed by atoms with Gasteiger partial charge in [-0.3, -0.25) is 4.90 Å². The zero-order valence-electron chi connectivity index (χ0n) is 12.3. The summed E-state index contributed by atoms with van der Waals surface area (Å²) in [5, 5.41) is 0. The molecule has 3 fully saturated rings. The van der Waals surface area contributed by atoms with Crippen LogP contribution in [0.15, 0.2) is 0 Å². The lowest BCUT2D eigenvalue weighted by Gasteiger charge is -2.48. The van der Waals surface area contributed by atoms with Crippen molar-refractivity contribution >= 4 is 0 Å². The first-order valence-electron chi connectivity index (χ1n) is 8.39. The Kier molecular flexibility index (Phi) is 4.45. The van der Waals surface area contributed by atoms with E-state index in [0.29, 0.717) is 0 Å². The third kappa shape index (κ3) is 3.14. The smallest absolute Gasteiger partial charge is 0.0697 e. The molecule has 3 aliphatic rings. The topological polar surface area (TPSA) is 38.5 Å². The van der Waals surface area contributed by atoms with Gasteiger partial charge in [0, 0.05) is 19.2 Å². The van der Waals surface area contributed by atoms with Gasteiger partial charge < -0.3 is 10.5 Å². The zero-order chi connectivity index (χ0) is 13.1. The fourth-order valence-electron chi connectivity index (χ4n) is 4.48. The van der Waals surface area contributed by atoms with Crippen LogP contribution in [0.3, 0.4) is 0 Å². The van der Waals surface area contributed by atoms with Gasteiger partial charge >= 0.3 is 0 Å². The van der Waals surface area contributed by atoms with E-state index in [1.54, 1.807) is 0 Å². The zero-order valence-corrected chi connectivity index (χ0v) is 12.3. The highest BCUT2D eigenvalue weighted by Crippen LogP contribution is 2.40. The summed E-state index contributed by atoms with van der Waals surface area (Å²) in [4.78, 5) is 2.74. The number of nitrogens with zero attached hydrogens (tertiary/aromatic N) is 1. The van der Waals surface area contributed by atoms with Gasteiger partial charge in [0.25, 0.3) is 0 Å².